The molecule has 1 rings (SSSR count). The van der Waals surface area contributed by atoms with Gasteiger partial charge in [-0.2, -0.15) is 0 Å². The molecule has 8 heteroatoms. The van der Waals surface area contributed by atoms with E-state index in [-0.39, 0.29) is 12.0 Å². The zero-order valence-corrected chi connectivity index (χ0v) is 14.5. The summed E-state index contributed by atoms with van der Waals surface area (Å²) in [7, 11) is 1.58. The number of halogens is 1. The molecule has 0 radical (unpaired) electrons. The Morgan fingerprint density at radius 3 is 2.72 bits per heavy atom. The molecule has 1 aromatic rings. The van der Waals surface area contributed by atoms with Crippen molar-refractivity contribution >= 4 is 35.3 Å². The van der Waals surface area contributed by atoms with Crippen LogP contribution in [0.15, 0.2) is 41.5 Å². The summed E-state index contributed by atoms with van der Waals surface area (Å²) in [4.78, 5) is 26.2. The highest BCUT2D eigenvalue weighted by Crippen LogP contribution is 2.30. The molecule has 5 N–H and O–H groups in total. The van der Waals surface area contributed by atoms with Crippen LogP contribution >= 0.6 is 11.6 Å². The molecule has 1 atom stereocenters. The second-order valence-electron chi connectivity index (χ2n) is 5.14. The molecule has 134 valence electrons. The van der Waals surface area contributed by atoms with Crippen molar-refractivity contribution in [3.05, 3.63) is 52.7 Å². The number of aliphatic imine (C=N–C) groups is 1. The van der Waals surface area contributed by atoms with Crippen LogP contribution < -0.4 is 11.1 Å². The number of rotatable bonds is 8. The summed E-state index contributed by atoms with van der Waals surface area (Å²) in [6, 6.07) is 4.86. The van der Waals surface area contributed by atoms with Crippen LogP contribution in [0.1, 0.15) is 23.7 Å². The van der Waals surface area contributed by atoms with E-state index in [0.29, 0.717) is 21.7 Å². The number of carbonyl (C=O) groups is 2. The van der Waals surface area contributed by atoms with Crippen molar-refractivity contribution in [2.45, 2.75) is 12.5 Å². The molecular formula is C17H20ClN3O4. The van der Waals surface area contributed by atoms with Gasteiger partial charge in [-0.25, -0.2) is 0 Å². The van der Waals surface area contributed by atoms with Crippen molar-refractivity contribution in [2.24, 2.45) is 10.7 Å². The third kappa shape index (κ3) is 6.06. The molecule has 7 nitrogen and oxygen atoms in total. The van der Waals surface area contributed by atoms with Gasteiger partial charge in [0.1, 0.15) is 6.54 Å². The second-order valence-corrected chi connectivity index (χ2v) is 5.58. The molecule has 25 heavy (non-hydrogen) atoms. The number of hydrogen-bond acceptors (Lipinski definition) is 5. The fourth-order valence-corrected chi connectivity index (χ4v) is 2.30. The van der Waals surface area contributed by atoms with Gasteiger partial charge in [0.2, 0.25) is 5.91 Å². The normalized spacial score (nSPS) is 12.8. The molecule has 0 aliphatic heterocycles. The van der Waals surface area contributed by atoms with E-state index in [2.05, 4.69) is 16.9 Å². The van der Waals surface area contributed by atoms with Crippen molar-refractivity contribution in [3.8, 4) is 0 Å². The topological polar surface area (TPSA) is 125 Å². The summed E-state index contributed by atoms with van der Waals surface area (Å²) in [5.74, 6) is -1.81. The van der Waals surface area contributed by atoms with Gasteiger partial charge in [0, 0.05) is 42.1 Å². The number of aliphatic hydroxyl groups is 1. The summed E-state index contributed by atoms with van der Waals surface area (Å²) < 4.78 is 0. The second kappa shape index (κ2) is 9.61. The fourth-order valence-electron chi connectivity index (χ4n) is 2.13. The summed E-state index contributed by atoms with van der Waals surface area (Å²) in [5, 5.41) is 21.7. The first-order chi connectivity index (χ1) is 11.8. The lowest BCUT2D eigenvalue weighted by atomic mass is 9.93. The maximum Gasteiger partial charge on any atom is 0.322 e. The van der Waals surface area contributed by atoms with Crippen LogP contribution in [0.3, 0.4) is 0 Å². The monoisotopic (exact) mass is 365 g/mol. The third-order valence-electron chi connectivity index (χ3n) is 3.29. The van der Waals surface area contributed by atoms with E-state index in [4.69, 9.17) is 22.4 Å². The van der Waals surface area contributed by atoms with Crippen LogP contribution in [0.2, 0.25) is 5.02 Å². The number of allylic oxidation sites excluding steroid dienone is 1. The molecule has 0 spiro atoms. The van der Waals surface area contributed by atoms with Gasteiger partial charge < -0.3 is 21.3 Å². The molecule has 1 amide bonds. The average molecular weight is 366 g/mol. The number of benzene rings is 1. The Balaban J connectivity index is 3.02. The number of carboxylic acid groups (broad SMARTS) is 1. The summed E-state index contributed by atoms with van der Waals surface area (Å²) in [6.07, 6.45) is 1.72. The maximum absolute atomic E-state index is 11.8. The van der Waals surface area contributed by atoms with Crippen LogP contribution in [0.5, 0.6) is 0 Å². The zero-order valence-electron chi connectivity index (χ0n) is 13.7. The maximum atomic E-state index is 11.8. The van der Waals surface area contributed by atoms with Gasteiger partial charge in [-0.3, -0.25) is 14.6 Å². The van der Waals surface area contributed by atoms with E-state index in [0.717, 1.165) is 0 Å². The minimum absolute atomic E-state index is 0.0529. The van der Waals surface area contributed by atoms with E-state index < -0.39 is 24.5 Å². The van der Waals surface area contributed by atoms with E-state index in [9.17, 15) is 14.7 Å². The number of carbonyl (C=O) groups excluding carboxylic acids is 1. The highest BCUT2D eigenvalue weighted by atomic mass is 35.5. The molecule has 0 aliphatic rings. The van der Waals surface area contributed by atoms with Crippen molar-refractivity contribution < 1.29 is 19.8 Å². The van der Waals surface area contributed by atoms with E-state index in [1.54, 1.807) is 25.2 Å². The third-order valence-corrected chi connectivity index (χ3v) is 3.53. The Bertz CT molecular complexity index is 729. The number of aliphatic hydroxyl groups excluding tert-OH is 1. The van der Waals surface area contributed by atoms with Crippen molar-refractivity contribution in [1.29, 1.82) is 0 Å². The molecule has 0 saturated heterocycles. The first kappa shape index (κ1) is 20.4. The Labute approximate surface area is 150 Å². The van der Waals surface area contributed by atoms with Gasteiger partial charge in [0.25, 0.3) is 0 Å². The molecule has 0 aliphatic carbocycles. The molecule has 0 heterocycles. The van der Waals surface area contributed by atoms with Crippen LogP contribution in [0, 0.1) is 0 Å². The van der Waals surface area contributed by atoms with E-state index in [1.165, 1.54) is 12.4 Å². The van der Waals surface area contributed by atoms with Gasteiger partial charge in [-0.05, 0) is 23.3 Å². The predicted molar refractivity (Wildman–Crippen MR) is 97.4 cm³/mol. The number of nitrogens with one attached hydrogen (secondary N) is 1. The molecule has 0 fully saturated rings. The lowest BCUT2D eigenvalue weighted by molar-refractivity contribution is -0.137. The number of amides is 1. The van der Waals surface area contributed by atoms with Crippen LogP contribution in [0.25, 0.3) is 5.57 Å². The lowest BCUT2D eigenvalue weighted by Crippen LogP contribution is -2.30. The predicted octanol–water partition coefficient (Wildman–Crippen LogP) is 1.52. The van der Waals surface area contributed by atoms with E-state index >= 15 is 0 Å². The Kier molecular flexibility index (Phi) is 7.84. The lowest BCUT2D eigenvalue weighted by Gasteiger charge is -2.17. The summed E-state index contributed by atoms with van der Waals surface area (Å²) in [5.41, 5.74) is 7.29. The van der Waals surface area contributed by atoms with E-state index in [1.807, 2.05) is 0 Å². The first-order valence-corrected chi connectivity index (χ1v) is 7.67. The highest BCUT2D eigenvalue weighted by molar-refractivity contribution is 6.31. The standard InChI is InChI=1S/C17H20ClN3O4/c1-10(17(25)21-9-16(23)24)5-15(22)13-4-3-12(18)6-14(13)11(7-19)8-20-2/h3-4,6-8,15,22H,1,5,9,19H2,2H3,(H,21,25)(H,23,24)/b11-7+,20-8?. The molecule has 0 aromatic heterocycles. The number of carboxylic acids is 1. The van der Waals surface area contributed by atoms with Gasteiger partial charge in [-0.1, -0.05) is 24.2 Å². The number of aliphatic carboxylic acids is 1. The van der Waals surface area contributed by atoms with Crippen molar-refractivity contribution in [2.75, 3.05) is 13.6 Å². The smallest absolute Gasteiger partial charge is 0.322 e. The highest BCUT2D eigenvalue weighted by Gasteiger charge is 2.19. The van der Waals surface area contributed by atoms with Crippen molar-refractivity contribution in [1.82, 2.24) is 5.32 Å². The fraction of sp³-hybridized carbons (Fsp3) is 0.235. The average Bonchev–Trinajstić information content (AvgIpc) is 2.57. The Hall–Kier alpha value is -2.64. The molecule has 0 bridgehead atoms. The van der Waals surface area contributed by atoms with Crippen LogP contribution in [-0.4, -0.2) is 41.9 Å². The van der Waals surface area contributed by atoms with Gasteiger partial charge in [0.15, 0.2) is 0 Å². The Morgan fingerprint density at radius 2 is 2.16 bits per heavy atom. The first-order valence-electron chi connectivity index (χ1n) is 7.29. The minimum atomic E-state index is -1.17. The van der Waals surface area contributed by atoms with Gasteiger partial charge in [0.05, 0.1) is 6.10 Å². The number of nitrogens with two attached hydrogens (primary N) is 1. The molecule has 1 aromatic carbocycles. The SMILES string of the molecule is C=C(CC(O)c1ccc(Cl)cc1/C(C=NC)=C/N)C(=O)NCC(=O)O. The molecular weight excluding hydrogens is 346 g/mol. The number of nitrogens with zero attached hydrogens (tertiary/aromatic N) is 1. The van der Waals surface area contributed by atoms with Crippen molar-refractivity contribution in [3.63, 3.8) is 0 Å². The summed E-state index contributed by atoms with van der Waals surface area (Å²) in [6.45, 7) is 3.07. The van der Waals surface area contributed by atoms with Crippen LogP contribution in [-0.2, 0) is 9.59 Å². The molecule has 0 saturated carbocycles. The minimum Gasteiger partial charge on any atom is -0.480 e. The quantitative estimate of drug-likeness (QED) is 0.410. The Morgan fingerprint density at radius 1 is 1.48 bits per heavy atom. The van der Waals surface area contributed by atoms with Gasteiger partial charge in [-0.15, -0.1) is 0 Å². The zero-order chi connectivity index (χ0) is 19.0. The van der Waals surface area contributed by atoms with Gasteiger partial charge >= 0.3 is 5.97 Å². The largest absolute Gasteiger partial charge is 0.480 e. The summed E-state index contributed by atoms with van der Waals surface area (Å²) >= 11 is 6.02. The molecule has 1 unspecified atom stereocenters. The number of hydrogen-bond donors (Lipinski definition) is 4. The van der Waals surface area contributed by atoms with Crippen LogP contribution in [0.4, 0.5) is 0 Å².